The minimum absolute atomic E-state index is 0.0885. The van der Waals surface area contributed by atoms with E-state index in [0.29, 0.717) is 0 Å². The number of hydrogen-bond donors (Lipinski definition) is 0. The van der Waals surface area contributed by atoms with Crippen LogP contribution in [-0.4, -0.2) is 32.1 Å². The zero-order valence-electron chi connectivity index (χ0n) is 12.8. The molecule has 0 aliphatic carbocycles. The van der Waals surface area contributed by atoms with Gasteiger partial charge in [0.1, 0.15) is 6.54 Å². The fraction of sp³-hybridized carbons (Fsp3) is 0.278. The van der Waals surface area contributed by atoms with Gasteiger partial charge in [0, 0.05) is 18.1 Å². The predicted octanol–water partition coefficient (Wildman–Crippen LogP) is 2.80. The van der Waals surface area contributed by atoms with Crippen molar-refractivity contribution in [3.8, 4) is 0 Å². The minimum Gasteiger partial charge on any atom is -0.332 e. The number of nitrogens with zero attached hydrogens (tertiary/aromatic N) is 4. The van der Waals surface area contributed by atoms with Crippen molar-refractivity contribution in [2.45, 2.75) is 25.4 Å². The number of aromatic nitrogens is 3. The first-order valence-corrected chi connectivity index (χ1v) is 7.94. The summed E-state index contributed by atoms with van der Waals surface area (Å²) < 4.78 is 1.78. The van der Waals surface area contributed by atoms with E-state index in [0.717, 1.165) is 36.0 Å². The molecule has 1 aliphatic heterocycles. The SMILES string of the molecule is O=C(Cn1ncc2ccccc21)N1CCC[C@@H]1c1ccccn1. The average molecular weight is 306 g/mol. The van der Waals surface area contributed by atoms with Crippen molar-refractivity contribution < 1.29 is 4.79 Å². The molecule has 1 aromatic carbocycles. The van der Waals surface area contributed by atoms with Crippen LogP contribution in [0.3, 0.4) is 0 Å². The number of rotatable bonds is 3. The second-order valence-electron chi connectivity index (χ2n) is 5.86. The fourth-order valence-electron chi connectivity index (χ4n) is 3.32. The largest absolute Gasteiger partial charge is 0.332 e. The molecule has 3 heterocycles. The van der Waals surface area contributed by atoms with Crippen molar-refractivity contribution in [2.75, 3.05) is 6.54 Å². The Morgan fingerprint density at radius 3 is 2.91 bits per heavy atom. The van der Waals surface area contributed by atoms with E-state index in [4.69, 9.17) is 0 Å². The highest BCUT2D eigenvalue weighted by atomic mass is 16.2. The van der Waals surface area contributed by atoms with Crippen LogP contribution in [0.4, 0.5) is 0 Å². The van der Waals surface area contributed by atoms with Gasteiger partial charge >= 0.3 is 0 Å². The van der Waals surface area contributed by atoms with Crippen molar-refractivity contribution in [3.63, 3.8) is 0 Å². The molecule has 1 saturated heterocycles. The summed E-state index contributed by atoms with van der Waals surface area (Å²) in [5, 5.41) is 5.42. The van der Waals surface area contributed by atoms with Gasteiger partial charge in [-0.15, -0.1) is 0 Å². The smallest absolute Gasteiger partial charge is 0.244 e. The molecule has 0 bridgehead atoms. The lowest BCUT2D eigenvalue weighted by Crippen LogP contribution is -2.34. The highest BCUT2D eigenvalue weighted by Gasteiger charge is 2.30. The van der Waals surface area contributed by atoms with Gasteiger partial charge in [-0.05, 0) is 31.0 Å². The standard InChI is InChI=1S/C18H18N4O/c23-18(13-22-16-8-2-1-6-14(16)12-20-22)21-11-5-9-17(21)15-7-3-4-10-19-15/h1-4,6-8,10,12,17H,5,9,11,13H2/t17-/m1/s1. The van der Waals surface area contributed by atoms with Gasteiger partial charge in [-0.1, -0.05) is 24.3 Å². The molecular weight excluding hydrogens is 288 g/mol. The van der Waals surface area contributed by atoms with Crippen molar-refractivity contribution >= 4 is 16.8 Å². The van der Waals surface area contributed by atoms with E-state index >= 15 is 0 Å². The van der Waals surface area contributed by atoms with Gasteiger partial charge in [0.2, 0.25) is 5.91 Å². The maximum atomic E-state index is 12.8. The van der Waals surface area contributed by atoms with E-state index in [-0.39, 0.29) is 18.5 Å². The summed E-state index contributed by atoms with van der Waals surface area (Å²) in [7, 11) is 0. The molecule has 0 spiro atoms. The summed E-state index contributed by atoms with van der Waals surface area (Å²) in [4.78, 5) is 19.1. The topological polar surface area (TPSA) is 51.0 Å². The molecule has 23 heavy (non-hydrogen) atoms. The predicted molar refractivity (Wildman–Crippen MR) is 87.7 cm³/mol. The number of likely N-dealkylation sites (tertiary alicyclic amines) is 1. The Bertz CT molecular complexity index is 827. The van der Waals surface area contributed by atoms with Crippen LogP contribution in [0.5, 0.6) is 0 Å². The molecule has 3 aromatic rings. The van der Waals surface area contributed by atoms with Crippen molar-refractivity contribution in [1.82, 2.24) is 19.7 Å². The van der Waals surface area contributed by atoms with Gasteiger partial charge in [-0.25, -0.2) is 0 Å². The van der Waals surface area contributed by atoms with E-state index in [1.165, 1.54) is 0 Å². The summed E-state index contributed by atoms with van der Waals surface area (Å²) in [6.07, 6.45) is 5.59. The molecule has 5 heteroatoms. The maximum absolute atomic E-state index is 12.8. The molecule has 0 unspecified atom stereocenters. The number of para-hydroxylation sites is 1. The maximum Gasteiger partial charge on any atom is 0.244 e. The first-order chi connectivity index (χ1) is 11.3. The molecular formula is C18H18N4O. The third-order valence-electron chi connectivity index (χ3n) is 4.44. The summed E-state index contributed by atoms with van der Waals surface area (Å²) in [5.41, 5.74) is 1.97. The number of amides is 1. The lowest BCUT2D eigenvalue weighted by Gasteiger charge is -2.24. The van der Waals surface area contributed by atoms with Crippen LogP contribution >= 0.6 is 0 Å². The zero-order chi connectivity index (χ0) is 15.6. The van der Waals surface area contributed by atoms with E-state index in [2.05, 4.69) is 10.1 Å². The average Bonchev–Trinajstić information content (AvgIpc) is 3.23. The number of hydrogen-bond acceptors (Lipinski definition) is 3. The number of carbonyl (C=O) groups is 1. The first-order valence-electron chi connectivity index (χ1n) is 7.94. The summed E-state index contributed by atoms with van der Waals surface area (Å²) >= 11 is 0. The van der Waals surface area contributed by atoms with Gasteiger partial charge < -0.3 is 4.90 Å². The zero-order valence-corrected chi connectivity index (χ0v) is 12.8. The third-order valence-corrected chi connectivity index (χ3v) is 4.44. The van der Waals surface area contributed by atoms with Crippen molar-refractivity contribution in [2.24, 2.45) is 0 Å². The Morgan fingerprint density at radius 1 is 1.17 bits per heavy atom. The van der Waals surface area contributed by atoms with Gasteiger partial charge in [-0.3, -0.25) is 14.5 Å². The van der Waals surface area contributed by atoms with Crippen LogP contribution < -0.4 is 0 Å². The quantitative estimate of drug-likeness (QED) is 0.747. The minimum atomic E-state index is 0.0885. The Kier molecular flexibility index (Phi) is 3.54. The summed E-state index contributed by atoms with van der Waals surface area (Å²) in [5.74, 6) is 0.104. The van der Waals surface area contributed by atoms with Crippen molar-refractivity contribution in [3.05, 3.63) is 60.6 Å². The fourth-order valence-corrected chi connectivity index (χ4v) is 3.32. The molecule has 1 fully saturated rings. The molecule has 5 nitrogen and oxygen atoms in total. The Morgan fingerprint density at radius 2 is 2.04 bits per heavy atom. The van der Waals surface area contributed by atoms with Gasteiger partial charge in [0.25, 0.3) is 0 Å². The summed E-state index contributed by atoms with van der Waals surface area (Å²) in [6, 6.07) is 13.9. The molecule has 0 radical (unpaired) electrons. The van der Waals surface area contributed by atoms with Crippen LogP contribution in [0.25, 0.3) is 10.9 Å². The Balaban J connectivity index is 1.56. The van der Waals surface area contributed by atoms with Crippen LogP contribution in [0, 0.1) is 0 Å². The Hall–Kier alpha value is -2.69. The molecule has 4 rings (SSSR count). The monoisotopic (exact) mass is 306 g/mol. The molecule has 2 aromatic heterocycles. The second kappa shape index (κ2) is 5.83. The van der Waals surface area contributed by atoms with Crippen LogP contribution in [0.2, 0.25) is 0 Å². The molecule has 0 N–H and O–H groups in total. The normalized spacial score (nSPS) is 17.7. The van der Waals surface area contributed by atoms with E-state index < -0.39 is 0 Å². The number of benzene rings is 1. The molecule has 0 saturated carbocycles. The molecule has 1 aliphatic rings. The number of fused-ring (bicyclic) bond motifs is 1. The van der Waals surface area contributed by atoms with Crippen LogP contribution in [0.1, 0.15) is 24.6 Å². The lowest BCUT2D eigenvalue weighted by atomic mass is 10.1. The third kappa shape index (κ3) is 2.59. The van der Waals surface area contributed by atoms with Crippen molar-refractivity contribution in [1.29, 1.82) is 0 Å². The number of pyridine rings is 1. The van der Waals surface area contributed by atoms with Gasteiger partial charge in [-0.2, -0.15) is 5.10 Å². The lowest BCUT2D eigenvalue weighted by molar-refractivity contribution is -0.133. The van der Waals surface area contributed by atoms with Crippen LogP contribution in [-0.2, 0) is 11.3 Å². The van der Waals surface area contributed by atoms with Crippen LogP contribution in [0.15, 0.2) is 54.9 Å². The molecule has 1 amide bonds. The van der Waals surface area contributed by atoms with Gasteiger partial charge in [0.05, 0.1) is 23.4 Å². The Labute approximate surface area is 134 Å². The highest BCUT2D eigenvalue weighted by molar-refractivity contribution is 5.82. The number of carbonyl (C=O) groups excluding carboxylic acids is 1. The molecule has 1 atom stereocenters. The van der Waals surface area contributed by atoms with Gasteiger partial charge in [0.15, 0.2) is 0 Å². The molecule has 116 valence electrons. The second-order valence-corrected chi connectivity index (χ2v) is 5.86. The van der Waals surface area contributed by atoms with E-state index in [1.54, 1.807) is 10.9 Å². The van der Waals surface area contributed by atoms with E-state index in [9.17, 15) is 4.79 Å². The first kappa shape index (κ1) is 13.9. The highest BCUT2D eigenvalue weighted by Crippen LogP contribution is 2.30. The summed E-state index contributed by atoms with van der Waals surface area (Å²) in [6.45, 7) is 1.07. The van der Waals surface area contributed by atoms with E-state index in [1.807, 2.05) is 53.6 Å².